The van der Waals surface area contributed by atoms with Crippen LogP contribution in [0.5, 0.6) is 5.75 Å². The topological polar surface area (TPSA) is 97.2 Å². The van der Waals surface area contributed by atoms with E-state index in [1.807, 2.05) is 0 Å². The van der Waals surface area contributed by atoms with Gasteiger partial charge in [-0.1, -0.05) is 35.5 Å². The molecule has 1 N–H and O–H groups in total. The number of nitrogens with zero attached hydrogens (tertiary/aromatic N) is 2. The standard InChI is InChI=1S/C16H12ClN3O4S2/c17-12-5-7-13(8-6-12)26(22,23)24-14-4-2-1-3-11(14)9-18-20-16-19-15(21)10-25-16/h1-9H,10H2,(H,19,20,21)/b18-9-. The van der Waals surface area contributed by atoms with Crippen molar-refractivity contribution >= 4 is 50.8 Å². The number of halogens is 1. The minimum atomic E-state index is -4.02. The maximum absolute atomic E-state index is 12.4. The van der Waals surface area contributed by atoms with Gasteiger partial charge in [0.2, 0.25) is 5.91 Å². The lowest BCUT2D eigenvalue weighted by molar-refractivity contribution is -0.116. The van der Waals surface area contributed by atoms with Gasteiger partial charge in [-0.3, -0.25) is 4.79 Å². The maximum Gasteiger partial charge on any atom is 0.339 e. The Kier molecular flexibility index (Phi) is 5.60. The van der Waals surface area contributed by atoms with Gasteiger partial charge in [0.1, 0.15) is 4.90 Å². The van der Waals surface area contributed by atoms with E-state index in [9.17, 15) is 13.2 Å². The average molecular weight is 410 g/mol. The first-order valence-corrected chi connectivity index (χ1v) is 10.0. The zero-order valence-electron chi connectivity index (χ0n) is 13.1. The number of rotatable bonds is 5. The molecule has 2 aromatic carbocycles. The Balaban J connectivity index is 1.81. The molecule has 7 nitrogen and oxygen atoms in total. The molecule has 134 valence electrons. The molecule has 10 heteroatoms. The van der Waals surface area contributed by atoms with Gasteiger partial charge in [-0.05, 0) is 36.4 Å². The highest BCUT2D eigenvalue weighted by molar-refractivity contribution is 8.15. The lowest BCUT2D eigenvalue weighted by Gasteiger charge is -2.09. The number of carbonyl (C=O) groups excluding carboxylic acids is 1. The summed E-state index contributed by atoms with van der Waals surface area (Å²) in [5.74, 6) is 0.268. The molecule has 0 bridgehead atoms. The third-order valence-electron chi connectivity index (χ3n) is 3.15. The van der Waals surface area contributed by atoms with Gasteiger partial charge in [0, 0.05) is 10.6 Å². The van der Waals surface area contributed by atoms with Gasteiger partial charge in [0.15, 0.2) is 10.9 Å². The fourth-order valence-corrected chi connectivity index (χ4v) is 3.66. The molecule has 0 aliphatic carbocycles. The highest BCUT2D eigenvalue weighted by Crippen LogP contribution is 2.23. The van der Waals surface area contributed by atoms with Crippen LogP contribution in [-0.2, 0) is 14.9 Å². The Morgan fingerprint density at radius 3 is 2.58 bits per heavy atom. The molecule has 1 fully saturated rings. The second-order valence-corrected chi connectivity index (χ2v) is 7.96. The maximum atomic E-state index is 12.4. The van der Waals surface area contributed by atoms with Crippen molar-refractivity contribution in [3.63, 3.8) is 0 Å². The van der Waals surface area contributed by atoms with Gasteiger partial charge < -0.3 is 9.50 Å². The summed E-state index contributed by atoms with van der Waals surface area (Å²) in [5.41, 5.74) is 0.420. The van der Waals surface area contributed by atoms with Crippen LogP contribution in [0.15, 0.2) is 63.6 Å². The Morgan fingerprint density at radius 2 is 1.88 bits per heavy atom. The Hall–Kier alpha value is -2.36. The van der Waals surface area contributed by atoms with E-state index in [0.717, 1.165) is 0 Å². The minimum Gasteiger partial charge on any atom is -0.378 e. The lowest BCUT2D eigenvalue weighted by Crippen LogP contribution is -2.19. The minimum absolute atomic E-state index is 0.0149. The summed E-state index contributed by atoms with van der Waals surface area (Å²) >= 11 is 7.01. The first-order chi connectivity index (χ1) is 12.4. The molecule has 0 radical (unpaired) electrons. The summed E-state index contributed by atoms with van der Waals surface area (Å²) in [6.07, 6.45) is 1.35. The number of hydrogen-bond donors (Lipinski definition) is 1. The molecule has 2 aromatic rings. The van der Waals surface area contributed by atoms with Gasteiger partial charge in [-0.25, -0.2) is 0 Å². The normalized spacial score (nSPS) is 16.2. The van der Waals surface area contributed by atoms with E-state index in [1.165, 1.54) is 48.3 Å². The third-order valence-corrected chi connectivity index (χ3v) is 5.52. The summed E-state index contributed by atoms with van der Waals surface area (Å²) in [5, 5.41) is 11.1. The molecule has 0 unspecified atom stereocenters. The van der Waals surface area contributed by atoms with E-state index in [0.29, 0.717) is 21.5 Å². The second kappa shape index (κ2) is 7.90. The summed E-state index contributed by atoms with van der Waals surface area (Å²) in [7, 11) is -4.02. The number of carbonyl (C=O) groups is 1. The monoisotopic (exact) mass is 409 g/mol. The SMILES string of the molecule is O=C1CS/C(=N/N=C\c2ccccc2OS(=O)(=O)c2ccc(Cl)cc2)N1. The van der Waals surface area contributed by atoms with Crippen molar-refractivity contribution in [3.05, 3.63) is 59.1 Å². The second-order valence-electron chi connectivity index (χ2n) is 5.02. The average Bonchev–Trinajstić information content (AvgIpc) is 3.02. The zero-order chi connectivity index (χ0) is 18.6. The van der Waals surface area contributed by atoms with Crippen molar-refractivity contribution in [2.45, 2.75) is 4.90 Å². The molecule has 26 heavy (non-hydrogen) atoms. The molecule has 1 saturated heterocycles. The van der Waals surface area contributed by atoms with Gasteiger partial charge in [-0.2, -0.15) is 13.5 Å². The van der Waals surface area contributed by atoms with Crippen LogP contribution in [0.1, 0.15) is 5.56 Å². The van der Waals surface area contributed by atoms with E-state index in [2.05, 4.69) is 15.5 Å². The summed E-state index contributed by atoms with van der Waals surface area (Å²) in [6, 6.07) is 12.2. The van der Waals surface area contributed by atoms with E-state index >= 15 is 0 Å². The van der Waals surface area contributed by atoms with Crippen molar-refractivity contribution in [2.24, 2.45) is 10.2 Å². The molecule has 0 aromatic heterocycles. The fraction of sp³-hybridized carbons (Fsp3) is 0.0625. The van der Waals surface area contributed by atoms with Gasteiger partial charge in [0.05, 0.1) is 12.0 Å². The molecule has 3 rings (SSSR count). The largest absolute Gasteiger partial charge is 0.378 e. The highest BCUT2D eigenvalue weighted by atomic mass is 35.5. The van der Waals surface area contributed by atoms with Crippen LogP contribution in [0.3, 0.4) is 0 Å². The van der Waals surface area contributed by atoms with Gasteiger partial charge in [-0.15, -0.1) is 5.10 Å². The van der Waals surface area contributed by atoms with Crippen LogP contribution in [0.2, 0.25) is 5.02 Å². The van der Waals surface area contributed by atoms with E-state index in [1.54, 1.807) is 18.2 Å². The van der Waals surface area contributed by atoms with Crippen molar-refractivity contribution in [1.82, 2.24) is 5.32 Å². The molecule has 1 aliphatic rings. The number of nitrogens with one attached hydrogen (secondary N) is 1. The number of amides is 1. The molecule has 0 atom stereocenters. The van der Waals surface area contributed by atoms with Crippen LogP contribution in [0, 0.1) is 0 Å². The summed E-state index contributed by atoms with van der Waals surface area (Å²) in [4.78, 5) is 11.1. The fourth-order valence-electron chi connectivity index (χ4n) is 1.95. The van der Waals surface area contributed by atoms with Crippen LogP contribution in [-0.4, -0.2) is 31.5 Å². The van der Waals surface area contributed by atoms with Gasteiger partial charge in [0.25, 0.3) is 0 Å². The number of hydrogen-bond acceptors (Lipinski definition) is 7. The molecule has 0 saturated carbocycles. The van der Waals surface area contributed by atoms with Crippen LogP contribution in [0.25, 0.3) is 0 Å². The van der Waals surface area contributed by atoms with Gasteiger partial charge >= 0.3 is 10.1 Å². The number of thioether (sulfide) groups is 1. The number of benzene rings is 2. The molecule has 1 aliphatic heterocycles. The highest BCUT2D eigenvalue weighted by Gasteiger charge is 2.18. The molecule has 0 spiro atoms. The number of para-hydroxylation sites is 1. The van der Waals surface area contributed by atoms with Crippen molar-refractivity contribution in [3.8, 4) is 5.75 Å². The molecule has 1 heterocycles. The Bertz CT molecular complexity index is 989. The summed E-state index contributed by atoms with van der Waals surface area (Å²) < 4.78 is 30.0. The van der Waals surface area contributed by atoms with E-state index in [-0.39, 0.29) is 16.6 Å². The third kappa shape index (κ3) is 4.63. The predicted octanol–water partition coefficient (Wildman–Crippen LogP) is 2.66. The first kappa shape index (κ1) is 18.4. The molecular formula is C16H12ClN3O4S2. The Morgan fingerprint density at radius 1 is 1.15 bits per heavy atom. The number of amidine groups is 1. The smallest absolute Gasteiger partial charge is 0.339 e. The molecular weight excluding hydrogens is 398 g/mol. The van der Waals surface area contributed by atoms with Crippen LogP contribution >= 0.6 is 23.4 Å². The molecule has 1 amide bonds. The van der Waals surface area contributed by atoms with Crippen LogP contribution < -0.4 is 9.50 Å². The predicted molar refractivity (Wildman–Crippen MR) is 101 cm³/mol. The summed E-state index contributed by atoms with van der Waals surface area (Å²) in [6.45, 7) is 0. The van der Waals surface area contributed by atoms with E-state index in [4.69, 9.17) is 15.8 Å². The quantitative estimate of drug-likeness (QED) is 0.465. The first-order valence-electron chi connectivity index (χ1n) is 7.27. The lowest BCUT2D eigenvalue weighted by atomic mass is 10.2. The zero-order valence-corrected chi connectivity index (χ0v) is 15.5. The Labute approximate surface area is 159 Å². The van der Waals surface area contributed by atoms with Crippen molar-refractivity contribution in [2.75, 3.05) is 5.75 Å². The van der Waals surface area contributed by atoms with Crippen molar-refractivity contribution in [1.29, 1.82) is 0 Å². The van der Waals surface area contributed by atoms with Crippen molar-refractivity contribution < 1.29 is 17.4 Å². The van der Waals surface area contributed by atoms with E-state index < -0.39 is 10.1 Å². The van der Waals surface area contributed by atoms with Crippen LogP contribution in [0.4, 0.5) is 0 Å².